The summed E-state index contributed by atoms with van der Waals surface area (Å²) in [6.07, 6.45) is -13.4. The van der Waals surface area contributed by atoms with Crippen molar-refractivity contribution in [3.8, 4) is 0 Å². The summed E-state index contributed by atoms with van der Waals surface area (Å²) in [4.78, 5) is 0. The fourth-order valence-electron chi connectivity index (χ4n) is 6.79. The van der Waals surface area contributed by atoms with Crippen molar-refractivity contribution in [2.24, 2.45) is 23.7 Å². The topological polar surface area (TPSA) is 197 Å². The second-order valence-corrected chi connectivity index (χ2v) is 12.8. The molecule has 9 unspecified atom stereocenters. The van der Waals surface area contributed by atoms with Crippen molar-refractivity contribution >= 4 is 0 Å². The van der Waals surface area contributed by atoms with E-state index in [0.717, 1.165) is 0 Å². The Bertz CT molecular complexity index is 846. The monoisotopic (exact) mass is 608 g/mol. The summed E-state index contributed by atoms with van der Waals surface area (Å²) in [6.45, 7) is 10.4. The average Bonchev–Trinajstić information content (AvgIpc) is 3.27. The molecular formula is C29H52O13. The molecule has 4 fully saturated rings. The van der Waals surface area contributed by atoms with Gasteiger partial charge in [-0.1, -0.05) is 41.5 Å². The molecule has 246 valence electrons. The highest BCUT2D eigenvalue weighted by molar-refractivity contribution is 4.97. The average molecular weight is 609 g/mol. The summed E-state index contributed by atoms with van der Waals surface area (Å²) in [5, 5.41) is 74.4. The normalized spacial score (nSPS) is 53.8. The van der Waals surface area contributed by atoms with Crippen LogP contribution in [-0.2, 0) is 28.4 Å². The molecule has 4 rings (SSSR count). The Labute approximate surface area is 247 Å². The van der Waals surface area contributed by atoms with E-state index < -0.39 is 111 Å². The van der Waals surface area contributed by atoms with Crippen LogP contribution in [0.3, 0.4) is 0 Å². The standard InChI is InChI=1S/C29H52O13/c1-7-15-21(34)19(32)13(5)27(37-15)40-24-12(4)9-11(3)18(31)26(24)42-29-23(36)25(17(10-30)39-29)41-28-14(6)20(33)22(35)16(8-2)38-28/h11-36H,7-10H2,1-6H3/t11-,12+,13?,14?,15-,16+,17-,18?,19-,20+,21?,22?,23?,24+,25?,26?,27+,28?,29+/m1/s1. The third-order valence-electron chi connectivity index (χ3n) is 9.71. The van der Waals surface area contributed by atoms with Gasteiger partial charge in [-0.15, -0.1) is 0 Å². The molecule has 0 radical (unpaired) electrons. The Morgan fingerprint density at radius 3 is 1.45 bits per heavy atom. The van der Waals surface area contributed by atoms with Crippen LogP contribution in [0.1, 0.15) is 60.8 Å². The summed E-state index contributed by atoms with van der Waals surface area (Å²) >= 11 is 0. The second-order valence-electron chi connectivity index (χ2n) is 12.8. The lowest BCUT2D eigenvalue weighted by Gasteiger charge is -2.47. The van der Waals surface area contributed by atoms with Crippen LogP contribution in [0.4, 0.5) is 0 Å². The Morgan fingerprint density at radius 2 is 0.976 bits per heavy atom. The zero-order valence-electron chi connectivity index (χ0n) is 25.4. The van der Waals surface area contributed by atoms with Crippen LogP contribution < -0.4 is 0 Å². The smallest absolute Gasteiger partial charge is 0.187 e. The van der Waals surface area contributed by atoms with E-state index in [-0.39, 0.29) is 11.8 Å². The number of hydrogen-bond donors (Lipinski definition) is 7. The van der Waals surface area contributed by atoms with Crippen LogP contribution in [0.5, 0.6) is 0 Å². The van der Waals surface area contributed by atoms with Gasteiger partial charge in [0.05, 0.1) is 43.2 Å². The first kappa shape index (κ1) is 34.4. The van der Waals surface area contributed by atoms with E-state index >= 15 is 0 Å². The summed E-state index contributed by atoms with van der Waals surface area (Å²) < 4.78 is 36.4. The third kappa shape index (κ3) is 6.69. The maximum atomic E-state index is 11.3. The van der Waals surface area contributed by atoms with Gasteiger partial charge < -0.3 is 64.2 Å². The molecule has 0 aromatic rings. The molecule has 0 bridgehead atoms. The zero-order valence-corrected chi connectivity index (χ0v) is 25.4. The molecule has 19 atom stereocenters. The quantitative estimate of drug-likeness (QED) is 0.173. The Kier molecular flexibility index (Phi) is 11.7. The first-order valence-corrected chi connectivity index (χ1v) is 15.5. The van der Waals surface area contributed by atoms with Crippen molar-refractivity contribution in [3.05, 3.63) is 0 Å². The van der Waals surface area contributed by atoms with Crippen LogP contribution in [0.25, 0.3) is 0 Å². The number of hydrogen-bond acceptors (Lipinski definition) is 13. The van der Waals surface area contributed by atoms with Gasteiger partial charge in [0.25, 0.3) is 0 Å². The highest BCUT2D eigenvalue weighted by atomic mass is 16.8. The van der Waals surface area contributed by atoms with Crippen molar-refractivity contribution in [1.82, 2.24) is 0 Å². The summed E-state index contributed by atoms with van der Waals surface area (Å²) in [5.74, 6) is -1.47. The maximum absolute atomic E-state index is 11.3. The molecule has 4 aliphatic rings. The lowest BCUT2D eigenvalue weighted by Crippen LogP contribution is -2.59. The van der Waals surface area contributed by atoms with E-state index in [9.17, 15) is 35.7 Å². The van der Waals surface area contributed by atoms with Crippen LogP contribution in [0.2, 0.25) is 0 Å². The van der Waals surface area contributed by atoms with Crippen LogP contribution in [0.15, 0.2) is 0 Å². The predicted molar refractivity (Wildman–Crippen MR) is 146 cm³/mol. The highest BCUT2D eigenvalue weighted by Gasteiger charge is 2.53. The van der Waals surface area contributed by atoms with E-state index in [0.29, 0.717) is 19.3 Å². The number of aliphatic hydroxyl groups is 7. The fourth-order valence-corrected chi connectivity index (χ4v) is 6.79. The number of aliphatic hydroxyl groups excluding tert-OH is 7. The fraction of sp³-hybridized carbons (Fsp3) is 1.00. The van der Waals surface area contributed by atoms with Gasteiger partial charge in [0.1, 0.15) is 36.6 Å². The van der Waals surface area contributed by atoms with E-state index in [1.54, 1.807) is 13.8 Å². The molecule has 3 aliphatic heterocycles. The molecule has 1 saturated carbocycles. The third-order valence-corrected chi connectivity index (χ3v) is 9.71. The maximum Gasteiger partial charge on any atom is 0.187 e. The Morgan fingerprint density at radius 1 is 0.524 bits per heavy atom. The minimum absolute atomic E-state index is 0.108. The minimum atomic E-state index is -1.39. The lowest BCUT2D eigenvalue weighted by molar-refractivity contribution is -0.325. The van der Waals surface area contributed by atoms with Gasteiger partial charge in [-0.3, -0.25) is 0 Å². The van der Waals surface area contributed by atoms with E-state index in [1.807, 2.05) is 27.7 Å². The van der Waals surface area contributed by atoms with Crippen molar-refractivity contribution in [1.29, 1.82) is 0 Å². The van der Waals surface area contributed by atoms with Crippen molar-refractivity contribution in [2.45, 2.75) is 153 Å². The van der Waals surface area contributed by atoms with Gasteiger partial charge in [-0.25, -0.2) is 0 Å². The molecule has 3 heterocycles. The molecule has 0 spiro atoms. The molecule has 7 N–H and O–H groups in total. The largest absolute Gasteiger partial charge is 0.394 e. The Hall–Kier alpha value is -0.520. The molecule has 13 nitrogen and oxygen atoms in total. The van der Waals surface area contributed by atoms with Gasteiger partial charge in [-0.05, 0) is 31.1 Å². The number of rotatable bonds is 9. The lowest BCUT2D eigenvalue weighted by atomic mass is 9.77. The summed E-state index contributed by atoms with van der Waals surface area (Å²) in [6, 6.07) is 0. The molecule has 0 aromatic heterocycles. The van der Waals surface area contributed by atoms with E-state index in [2.05, 4.69) is 0 Å². The molecule has 0 aromatic carbocycles. The first-order chi connectivity index (χ1) is 19.8. The SMILES string of the molecule is CC[C@@H]1OC(OC2C(O)[C@H](OC3C(O)[C@H](C)C[C@H](C)[C@@H]3O[C@@H]3O[C@H](CC)C(O)[C@H](O)C3C)O[C@@H]2CO)C(C)[C@H](O)C1O. The van der Waals surface area contributed by atoms with Crippen molar-refractivity contribution in [2.75, 3.05) is 6.61 Å². The second kappa shape index (κ2) is 14.3. The predicted octanol–water partition coefficient (Wildman–Crippen LogP) is -0.757. The highest BCUT2D eigenvalue weighted by Crippen LogP contribution is 2.40. The molecule has 3 saturated heterocycles. The molecule has 42 heavy (non-hydrogen) atoms. The molecular weight excluding hydrogens is 556 g/mol. The van der Waals surface area contributed by atoms with Crippen LogP contribution in [0, 0.1) is 23.7 Å². The van der Waals surface area contributed by atoms with Gasteiger partial charge >= 0.3 is 0 Å². The van der Waals surface area contributed by atoms with Crippen LogP contribution in [-0.4, -0.2) is 134 Å². The van der Waals surface area contributed by atoms with Gasteiger partial charge in [-0.2, -0.15) is 0 Å². The van der Waals surface area contributed by atoms with Gasteiger partial charge in [0.2, 0.25) is 0 Å². The van der Waals surface area contributed by atoms with Gasteiger partial charge in [0.15, 0.2) is 18.9 Å². The van der Waals surface area contributed by atoms with Crippen molar-refractivity contribution < 1.29 is 64.2 Å². The van der Waals surface area contributed by atoms with E-state index in [1.165, 1.54) is 0 Å². The van der Waals surface area contributed by atoms with Crippen molar-refractivity contribution in [3.63, 3.8) is 0 Å². The molecule has 1 aliphatic carbocycles. The van der Waals surface area contributed by atoms with Gasteiger partial charge in [0, 0.05) is 11.8 Å². The van der Waals surface area contributed by atoms with E-state index in [4.69, 9.17) is 28.4 Å². The minimum Gasteiger partial charge on any atom is -0.394 e. The summed E-state index contributed by atoms with van der Waals surface area (Å²) in [5.41, 5.74) is 0. The van der Waals surface area contributed by atoms with Crippen LogP contribution >= 0.6 is 0 Å². The molecule has 13 heteroatoms. The Balaban J connectivity index is 1.50. The first-order valence-electron chi connectivity index (χ1n) is 15.5. The zero-order chi connectivity index (χ0) is 31.0. The summed E-state index contributed by atoms with van der Waals surface area (Å²) in [7, 11) is 0. The number of ether oxygens (including phenoxy) is 6. The molecule has 0 amide bonds.